The lowest BCUT2D eigenvalue weighted by Crippen LogP contribution is -2.40. The zero-order valence-electron chi connectivity index (χ0n) is 12.3. The van der Waals surface area contributed by atoms with E-state index in [0.29, 0.717) is 19.5 Å². The highest BCUT2D eigenvalue weighted by Crippen LogP contribution is 2.39. The maximum absolute atomic E-state index is 12.5. The van der Waals surface area contributed by atoms with Gasteiger partial charge < -0.3 is 5.32 Å². The summed E-state index contributed by atoms with van der Waals surface area (Å²) in [4.78, 5) is 3.96. The van der Waals surface area contributed by atoms with Crippen molar-refractivity contribution >= 4 is 10.0 Å². The van der Waals surface area contributed by atoms with Gasteiger partial charge in [0, 0.05) is 25.5 Å². The van der Waals surface area contributed by atoms with Crippen LogP contribution < -0.4 is 5.32 Å². The molecule has 2 fully saturated rings. The summed E-state index contributed by atoms with van der Waals surface area (Å²) in [6, 6.07) is 3.77. The van der Waals surface area contributed by atoms with Crippen molar-refractivity contribution in [1.29, 1.82) is 0 Å². The average Bonchev–Trinajstić information content (AvgIpc) is 2.92. The Morgan fingerprint density at radius 1 is 1.19 bits per heavy atom. The first-order valence-electron chi connectivity index (χ1n) is 7.67. The maximum Gasteiger partial charge on any atom is 0.214 e. The van der Waals surface area contributed by atoms with E-state index in [0.717, 1.165) is 37.9 Å². The molecule has 0 amide bonds. The normalized spacial score (nSPS) is 22.7. The Bertz CT molecular complexity index is 568. The molecule has 5 nitrogen and oxygen atoms in total. The van der Waals surface area contributed by atoms with Gasteiger partial charge in [0.1, 0.15) is 0 Å². The Hall–Kier alpha value is -0.980. The van der Waals surface area contributed by atoms with Gasteiger partial charge in [0.15, 0.2) is 0 Å². The van der Waals surface area contributed by atoms with E-state index in [1.165, 1.54) is 0 Å². The molecule has 21 heavy (non-hydrogen) atoms. The Morgan fingerprint density at radius 2 is 1.90 bits per heavy atom. The van der Waals surface area contributed by atoms with Crippen molar-refractivity contribution in [2.75, 3.05) is 31.9 Å². The Kier molecular flexibility index (Phi) is 4.28. The van der Waals surface area contributed by atoms with Gasteiger partial charge in [-0.2, -0.15) is 0 Å². The van der Waals surface area contributed by atoms with Gasteiger partial charge in [0.25, 0.3) is 0 Å². The summed E-state index contributed by atoms with van der Waals surface area (Å²) < 4.78 is 26.8. The predicted octanol–water partition coefficient (Wildman–Crippen LogP) is 1.03. The maximum atomic E-state index is 12.5. The number of nitrogens with zero attached hydrogens (tertiary/aromatic N) is 2. The van der Waals surface area contributed by atoms with Crippen LogP contribution in [-0.2, 0) is 16.4 Å². The molecule has 0 aromatic carbocycles. The van der Waals surface area contributed by atoms with E-state index in [9.17, 15) is 8.42 Å². The fourth-order valence-corrected chi connectivity index (χ4v) is 5.01. The number of piperidine rings is 1. The standard InChI is InChI=1S/C15H23N3O2S/c19-21(20,12-3-14-1-7-16-8-2-14)18-11-6-15(13-18)4-9-17-10-5-15/h1-2,7-8,17H,3-6,9-13H2. The monoisotopic (exact) mass is 309 g/mol. The summed E-state index contributed by atoms with van der Waals surface area (Å²) in [5, 5.41) is 3.36. The zero-order chi connectivity index (χ0) is 14.8. The number of nitrogens with one attached hydrogen (secondary N) is 1. The largest absolute Gasteiger partial charge is 0.317 e. The lowest BCUT2D eigenvalue weighted by molar-refractivity contribution is 0.218. The molecule has 1 N–H and O–H groups in total. The molecule has 1 aromatic heterocycles. The second-order valence-electron chi connectivity index (χ2n) is 6.26. The van der Waals surface area contributed by atoms with Crippen LogP contribution in [-0.4, -0.2) is 49.6 Å². The zero-order valence-corrected chi connectivity index (χ0v) is 13.1. The van der Waals surface area contributed by atoms with E-state index in [1.807, 2.05) is 12.1 Å². The summed E-state index contributed by atoms with van der Waals surface area (Å²) in [5.74, 6) is 0.200. The van der Waals surface area contributed by atoms with E-state index in [-0.39, 0.29) is 11.2 Å². The van der Waals surface area contributed by atoms with Crippen molar-refractivity contribution in [1.82, 2.24) is 14.6 Å². The lowest BCUT2D eigenvalue weighted by Gasteiger charge is -2.33. The number of pyridine rings is 1. The molecule has 1 aromatic rings. The summed E-state index contributed by atoms with van der Waals surface area (Å²) >= 11 is 0. The Balaban J connectivity index is 1.60. The van der Waals surface area contributed by atoms with E-state index in [2.05, 4.69) is 10.3 Å². The van der Waals surface area contributed by atoms with Crippen molar-refractivity contribution in [2.24, 2.45) is 5.41 Å². The highest BCUT2D eigenvalue weighted by atomic mass is 32.2. The van der Waals surface area contributed by atoms with Crippen molar-refractivity contribution in [3.63, 3.8) is 0 Å². The molecule has 0 aliphatic carbocycles. The molecule has 0 radical (unpaired) electrons. The van der Waals surface area contributed by atoms with Crippen LogP contribution in [0.4, 0.5) is 0 Å². The van der Waals surface area contributed by atoms with Crippen LogP contribution in [0.25, 0.3) is 0 Å². The van der Waals surface area contributed by atoms with Gasteiger partial charge in [-0.05, 0) is 61.9 Å². The molecule has 1 spiro atoms. The highest BCUT2D eigenvalue weighted by molar-refractivity contribution is 7.89. The van der Waals surface area contributed by atoms with Gasteiger partial charge >= 0.3 is 0 Å². The predicted molar refractivity (Wildman–Crippen MR) is 82.5 cm³/mol. The topological polar surface area (TPSA) is 62.3 Å². The average molecular weight is 309 g/mol. The molecule has 3 heterocycles. The minimum absolute atomic E-state index is 0.200. The number of aryl methyl sites for hydroxylation is 1. The van der Waals surface area contributed by atoms with Gasteiger partial charge in [0.05, 0.1) is 5.75 Å². The smallest absolute Gasteiger partial charge is 0.214 e. The number of rotatable bonds is 4. The molecule has 0 saturated carbocycles. The first-order valence-corrected chi connectivity index (χ1v) is 9.28. The second-order valence-corrected chi connectivity index (χ2v) is 8.34. The van der Waals surface area contributed by atoms with Crippen molar-refractivity contribution in [3.05, 3.63) is 30.1 Å². The van der Waals surface area contributed by atoms with Crippen LogP contribution in [0.2, 0.25) is 0 Å². The van der Waals surface area contributed by atoms with Crippen LogP contribution in [0.5, 0.6) is 0 Å². The van der Waals surface area contributed by atoms with Crippen LogP contribution in [0.1, 0.15) is 24.8 Å². The van der Waals surface area contributed by atoms with Gasteiger partial charge in [-0.25, -0.2) is 12.7 Å². The number of hydrogen-bond acceptors (Lipinski definition) is 4. The van der Waals surface area contributed by atoms with Gasteiger partial charge in [0.2, 0.25) is 10.0 Å². The molecule has 116 valence electrons. The Morgan fingerprint density at radius 3 is 2.62 bits per heavy atom. The minimum Gasteiger partial charge on any atom is -0.317 e. The van der Waals surface area contributed by atoms with Crippen LogP contribution in [0.15, 0.2) is 24.5 Å². The summed E-state index contributed by atoms with van der Waals surface area (Å²) in [6.07, 6.45) is 7.20. The SMILES string of the molecule is O=S(=O)(CCc1ccncc1)N1CCC2(CCNCC2)C1. The minimum atomic E-state index is -3.14. The third kappa shape index (κ3) is 3.44. The Labute approximate surface area is 126 Å². The highest BCUT2D eigenvalue weighted by Gasteiger charge is 2.42. The molecule has 0 atom stereocenters. The number of sulfonamides is 1. The van der Waals surface area contributed by atoms with E-state index >= 15 is 0 Å². The van der Waals surface area contributed by atoms with Crippen LogP contribution >= 0.6 is 0 Å². The van der Waals surface area contributed by atoms with E-state index in [1.54, 1.807) is 16.7 Å². The first kappa shape index (κ1) is 14.9. The van der Waals surface area contributed by atoms with Crippen molar-refractivity contribution in [3.8, 4) is 0 Å². The van der Waals surface area contributed by atoms with Crippen molar-refractivity contribution < 1.29 is 8.42 Å². The molecule has 0 bridgehead atoms. The molecular formula is C15H23N3O2S. The van der Waals surface area contributed by atoms with Crippen molar-refractivity contribution in [2.45, 2.75) is 25.7 Å². The third-order valence-corrected chi connectivity index (χ3v) is 6.68. The van der Waals surface area contributed by atoms with Gasteiger partial charge in [-0.3, -0.25) is 4.98 Å². The van der Waals surface area contributed by atoms with Crippen LogP contribution in [0, 0.1) is 5.41 Å². The second kappa shape index (κ2) is 6.02. The lowest BCUT2D eigenvalue weighted by atomic mass is 9.78. The first-order chi connectivity index (χ1) is 10.1. The van der Waals surface area contributed by atoms with Gasteiger partial charge in [-0.1, -0.05) is 0 Å². The fourth-order valence-electron chi connectivity index (χ4n) is 3.42. The molecule has 6 heteroatoms. The molecular weight excluding hydrogens is 286 g/mol. The quantitative estimate of drug-likeness (QED) is 0.902. The third-order valence-electron chi connectivity index (χ3n) is 4.86. The summed E-state index contributed by atoms with van der Waals surface area (Å²) in [7, 11) is -3.14. The number of aromatic nitrogens is 1. The van der Waals surface area contributed by atoms with Gasteiger partial charge in [-0.15, -0.1) is 0 Å². The molecule has 2 aliphatic rings. The van der Waals surface area contributed by atoms with Crippen LogP contribution in [0.3, 0.4) is 0 Å². The molecule has 3 rings (SSSR count). The summed E-state index contributed by atoms with van der Waals surface area (Å²) in [6.45, 7) is 3.45. The van der Waals surface area contributed by atoms with E-state index in [4.69, 9.17) is 0 Å². The molecule has 2 aliphatic heterocycles. The molecule has 0 unspecified atom stereocenters. The fraction of sp³-hybridized carbons (Fsp3) is 0.667. The van der Waals surface area contributed by atoms with E-state index < -0.39 is 10.0 Å². The number of hydrogen-bond donors (Lipinski definition) is 1. The molecule has 2 saturated heterocycles. The summed E-state index contributed by atoms with van der Waals surface area (Å²) in [5.41, 5.74) is 1.26.